The van der Waals surface area contributed by atoms with Gasteiger partial charge in [-0.2, -0.15) is 0 Å². The van der Waals surface area contributed by atoms with Crippen molar-refractivity contribution >= 4 is 33.2 Å². The Hall–Kier alpha value is -2.05. The molecule has 0 unspecified atom stereocenters. The predicted molar refractivity (Wildman–Crippen MR) is 115 cm³/mol. The van der Waals surface area contributed by atoms with Gasteiger partial charge in [-0.15, -0.1) is 0 Å². The Morgan fingerprint density at radius 3 is 2.25 bits per heavy atom. The van der Waals surface area contributed by atoms with E-state index in [1.165, 1.54) is 6.07 Å². The first-order valence-corrected chi connectivity index (χ1v) is 11.4. The topological polar surface area (TPSA) is 66.5 Å². The number of halogens is 1. The van der Waals surface area contributed by atoms with Crippen molar-refractivity contribution in [3.63, 3.8) is 0 Å². The fourth-order valence-electron chi connectivity index (χ4n) is 3.15. The number of hydrogen-bond donors (Lipinski definition) is 1. The van der Waals surface area contributed by atoms with Crippen molar-refractivity contribution in [3.05, 3.63) is 65.2 Å². The van der Waals surface area contributed by atoms with Gasteiger partial charge in [0.05, 0.1) is 18.0 Å². The lowest BCUT2D eigenvalue weighted by Gasteiger charge is -2.30. The molecule has 0 radical (unpaired) electrons. The molecule has 0 bridgehead atoms. The maximum absolute atomic E-state index is 13.0. The van der Waals surface area contributed by atoms with Crippen LogP contribution in [0, 0.1) is 5.92 Å². The number of hydrogen-bond acceptors (Lipinski definition) is 3. The van der Waals surface area contributed by atoms with Gasteiger partial charge >= 0.3 is 0 Å². The predicted octanol–water partition coefficient (Wildman–Crippen LogP) is 4.40. The molecular formula is C21H27ClN2O3S. The smallest absolute Gasteiger partial charge is 0.244 e. The minimum absolute atomic E-state index is 0.197. The average Bonchev–Trinajstić information content (AvgIpc) is 2.60. The van der Waals surface area contributed by atoms with Crippen molar-refractivity contribution in [2.24, 2.45) is 5.92 Å². The number of sulfonamides is 1. The summed E-state index contributed by atoms with van der Waals surface area (Å²) in [5, 5.41) is 3.43. The summed E-state index contributed by atoms with van der Waals surface area (Å²) in [6, 6.07) is 15.0. The quantitative estimate of drug-likeness (QED) is 0.685. The van der Waals surface area contributed by atoms with Crippen LogP contribution in [0.25, 0.3) is 0 Å². The van der Waals surface area contributed by atoms with Crippen molar-refractivity contribution in [2.75, 3.05) is 10.6 Å². The fraction of sp³-hybridized carbons (Fsp3) is 0.381. The van der Waals surface area contributed by atoms with Gasteiger partial charge in [0.1, 0.15) is 6.04 Å². The molecule has 1 N–H and O–H groups in total. The highest BCUT2D eigenvalue weighted by molar-refractivity contribution is 7.92. The second-order valence-corrected chi connectivity index (χ2v) is 9.61. The molecule has 0 spiro atoms. The zero-order chi connectivity index (χ0) is 20.9. The standard InChI is InChI=1S/C21H27ClN2O3S/c1-15(2)13-20(17-9-6-5-7-10-17)23-21(25)16(3)24(28(4,26)27)19-12-8-11-18(22)14-19/h5-12,14-16,20H,13H2,1-4H3,(H,23,25)/t16-,20+/m0/s1. The lowest BCUT2D eigenvalue weighted by molar-refractivity contribution is -0.122. The minimum Gasteiger partial charge on any atom is -0.347 e. The van der Waals surface area contributed by atoms with Crippen molar-refractivity contribution in [1.29, 1.82) is 0 Å². The van der Waals surface area contributed by atoms with E-state index in [2.05, 4.69) is 19.2 Å². The minimum atomic E-state index is -3.69. The highest BCUT2D eigenvalue weighted by Gasteiger charge is 2.30. The molecule has 0 aliphatic heterocycles. The van der Waals surface area contributed by atoms with Crippen LogP contribution >= 0.6 is 11.6 Å². The number of benzene rings is 2. The number of amides is 1. The Balaban J connectivity index is 2.30. The van der Waals surface area contributed by atoms with E-state index in [1.54, 1.807) is 25.1 Å². The van der Waals surface area contributed by atoms with Gasteiger partial charge in [0, 0.05) is 5.02 Å². The van der Waals surface area contributed by atoms with Crippen LogP contribution in [-0.4, -0.2) is 26.6 Å². The van der Waals surface area contributed by atoms with Gasteiger partial charge in [0.25, 0.3) is 0 Å². The van der Waals surface area contributed by atoms with Gasteiger partial charge in [-0.05, 0) is 43.0 Å². The van der Waals surface area contributed by atoms with Crippen LogP contribution in [0.3, 0.4) is 0 Å². The lowest BCUT2D eigenvalue weighted by atomic mass is 9.96. The van der Waals surface area contributed by atoms with Crippen molar-refractivity contribution in [2.45, 2.75) is 39.3 Å². The maximum atomic E-state index is 13.0. The van der Waals surface area contributed by atoms with Crippen LogP contribution in [0.15, 0.2) is 54.6 Å². The lowest BCUT2D eigenvalue weighted by Crippen LogP contribution is -2.48. The van der Waals surface area contributed by atoms with Crippen LogP contribution in [0.2, 0.25) is 5.02 Å². The first kappa shape index (κ1) is 22.2. The highest BCUT2D eigenvalue weighted by atomic mass is 35.5. The van der Waals surface area contributed by atoms with Gasteiger partial charge < -0.3 is 5.32 Å². The largest absolute Gasteiger partial charge is 0.347 e. The van der Waals surface area contributed by atoms with E-state index in [4.69, 9.17) is 11.6 Å². The Morgan fingerprint density at radius 2 is 1.71 bits per heavy atom. The number of nitrogens with one attached hydrogen (secondary N) is 1. The number of carbonyl (C=O) groups is 1. The zero-order valence-corrected chi connectivity index (χ0v) is 18.2. The molecule has 0 heterocycles. The van der Waals surface area contributed by atoms with Gasteiger partial charge in [-0.1, -0.05) is 61.8 Å². The van der Waals surface area contributed by atoms with E-state index in [-0.39, 0.29) is 11.9 Å². The summed E-state index contributed by atoms with van der Waals surface area (Å²) in [5.74, 6) is -0.000318. The fourth-order valence-corrected chi connectivity index (χ4v) is 4.50. The van der Waals surface area contributed by atoms with Gasteiger partial charge in [0.2, 0.25) is 15.9 Å². The molecule has 0 saturated carbocycles. The third-order valence-corrected chi connectivity index (χ3v) is 5.85. The second-order valence-electron chi connectivity index (χ2n) is 7.32. The molecule has 0 saturated heterocycles. The van der Waals surface area contributed by atoms with Crippen LogP contribution in [0.4, 0.5) is 5.69 Å². The summed E-state index contributed by atoms with van der Waals surface area (Å²) in [6.07, 6.45) is 1.83. The van der Waals surface area contributed by atoms with Gasteiger partial charge in [0.15, 0.2) is 0 Å². The molecule has 2 atom stereocenters. The summed E-state index contributed by atoms with van der Waals surface area (Å²) in [5.41, 5.74) is 1.35. The Morgan fingerprint density at radius 1 is 1.07 bits per heavy atom. The van der Waals surface area contributed by atoms with E-state index in [0.717, 1.165) is 22.5 Å². The summed E-state index contributed by atoms with van der Waals surface area (Å²) in [7, 11) is -3.69. The third-order valence-electron chi connectivity index (χ3n) is 4.38. The van der Waals surface area contributed by atoms with Crippen LogP contribution < -0.4 is 9.62 Å². The first-order valence-electron chi connectivity index (χ1n) is 9.20. The highest BCUT2D eigenvalue weighted by Crippen LogP contribution is 2.26. The Labute approximate surface area is 172 Å². The van der Waals surface area contributed by atoms with Crippen molar-refractivity contribution in [3.8, 4) is 0 Å². The Kier molecular flexibility index (Phi) is 7.49. The SMILES string of the molecule is CC(C)C[C@@H](NC(=O)[C@H](C)N(c1cccc(Cl)c1)S(C)(=O)=O)c1ccccc1. The Bertz CT molecular complexity index is 901. The molecule has 0 aliphatic rings. The first-order chi connectivity index (χ1) is 13.1. The van der Waals surface area contributed by atoms with Crippen LogP contribution in [0.1, 0.15) is 38.8 Å². The summed E-state index contributed by atoms with van der Waals surface area (Å²) in [6.45, 7) is 5.75. The molecule has 0 aliphatic carbocycles. The molecule has 2 rings (SSSR count). The molecule has 2 aromatic rings. The average molecular weight is 423 g/mol. The van der Waals surface area contributed by atoms with Gasteiger partial charge in [-0.25, -0.2) is 8.42 Å². The zero-order valence-electron chi connectivity index (χ0n) is 16.6. The van der Waals surface area contributed by atoms with Crippen LogP contribution in [0.5, 0.6) is 0 Å². The monoisotopic (exact) mass is 422 g/mol. The molecule has 5 nitrogen and oxygen atoms in total. The van der Waals surface area contributed by atoms with Crippen molar-refractivity contribution < 1.29 is 13.2 Å². The van der Waals surface area contributed by atoms with E-state index < -0.39 is 16.1 Å². The molecule has 2 aromatic carbocycles. The van der Waals surface area contributed by atoms with E-state index in [0.29, 0.717) is 16.6 Å². The number of rotatable bonds is 8. The number of carbonyl (C=O) groups excluding carboxylic acids is 1. The van der Waals surface area contributed by atoms with E-state index in [1.807, 2.05) is 30.3 Å². The second kappa shape index (κ2) is 9.43. The molecule has 7 heteroatoms. The van der Waals surface area contributed by atoms with E-state index in [9.17, 15) is 13.2 Å². The van der Waals surface area contributed by atoms with E-state index >= 15 is 0 Å². The summed E-state index contributed by atoms with van der Waals surface area (Å²) < 4.78 is 26.0. The number of anilines is 1. The summed E-state index contributed by atoms with van der Waals surface area (Å²) in [4.78, 5) is 13.0. The third kappa shape index (κ3) is 5.97. The summed E-state index contributed by atoms with van der Waals surface area (Å²) >= 11 is 6.02. The van der Waals surface area contributed by atoms with Crippen molar-refractivity contribution in [1.82, 2.24) is 5.32 Å². The molecule has 28 heavy (non-hydrogen) atoms. The molecule has 1 amide bonds. The molecule has 0 aromatic heterocycles. The van der Waals surface area contributed by atoms with Crippen LogP contribution in [-0.2, 0) is 14.8 Å². The normalized spacial score (nSPS) is 13.8. The van der Waals surface area contributed by atoms with Gasteiger partial charge in [-0.3, -0.25) is 9.10 Å². The molecule has 0 fully saturated rings. The maximum Gasteiger partial charge on any atom is 0.244 e. The molecular weight excluding hydrogens is 396 g/mol. The molecule has 152 valence electrons. The number of nitrogens with zero attached hydrogens (tertiary/aromatic N) is 1.